The van der Waals surface area contributed by atoms with Crippen LogP contribution in [0.15, 0.2) is 30.3 Å². The summed E-state index contributed by atoms with van der Waals surface area (Å²) in [6.07, 6.45) is 5.59. The third-order valence-corrected chi connectivity index (χ3v) is 7.81. The summed E-state index contributed by atoms with van der Waals surface area (Å²) in [7, 11) is 4.38. The Morgan fingerprint density at radius 3 is 2.28 bits per heavy atom. The fraction of sp³-hybridized carbons (Fsp3) is 0.696. The number of rotatable bonds is 3. The summed E-state index contributed by atoms with van der Waals surface area (Å²) in [4.78, 5) is 18.2. The van der Waals surface area contributed by atoms with E-state index in [1.807, 2.05) is 4.90 Å². The van der Waals surface area contributed by atoms with Crippen molar-refractivity contribution in [3.8, 4) is 0 Å². The van der Waals surface area contributed by atoms with Crippen molar-refractivity contribution in [3.05, 3.63) is 35.9 Å². The molecule has 4 rings (SSSR count). The average Bonchev–Trinajstić information content (AvgIpc) is 3.05. The first-order valence-electron chi connectivity index (χ1n) is 11.1. The first-order valence-corrected chi connectivity index (χ1v) is 11.1. The molecule has 29 heavy (non-hydrogen) atoms. The summed E-state index contributed by atoms with van der Waals surface area (Å²) in [6.45, 7) is 4.15. The zero-order valence-electron chi connectivity index (χ0n) is 18.1. The van der Waals surface area contributed by atoms with Gasteiger partial charge in [0.1, 0.15) is 0 Å². The highest BCUT2D eigenvalue weighted by molar-refractivity contribution is 5.73. The molecule has 0 radical (unpaired) electrons. The van der Waals surface area contributed by atoms with Crippen molar-refractivity contribution in [3.63, 3.8) is 0 Å². The Morgan fingerprint density at radius 2 is 1.72 bits per heavy atom. The van der Waals surface area contributed by atoms with Crippen LogP contribution in [-0.4, -0.2) is 77.4 Å². The van der Waals surface area contributed by atoms with Gasteiger partial charge in [-0.15, -0.1) is 0 Å². The summed E-state index contributed by atoms with van der Waals surface area (Å²) in [5.41, 5.74) is 1.46. The molecular formula is C23H36N4O2. The van der Waals surface area contributed by atoms with E-state index in [4.69, 9.17) is 0 Å². The topological polar surface area (TPSA) is 59.1 Å². The van der Waals surface area contributed by atoms with Crippen LogP contribution in [0.5, 0.6) is 0 Å². The summed E-state index contributed by atoms with van der Waals surface area (Å²) in [5, 5.41) is 14.4. The van der Waals surface area contributed by atoms with Crippen LogP contribution in [0.4, 0.5) is 0 Å². The van der Waals surface area contributed by atoms with Gasteiger partial charge < -0.3 is 10.0 Å². The first kappa shape index (κ1) is 20.8. The molecule has 2 N–H and O–H groups in total. The Bertz CT molecular complexity index is 707. The van der Waals surface area contributed by atoms with Crippen molar-refractivity contribution in [2.24, 2.45) is 0 Å². The second-order valence-corrected chi connectivity index (χ2v) is 9.50. The van der Waals surface area contributed by atoms with Crippen molar-refractivity contribution >= 4 is 5.91 Å². The number of benzene rings is 1. The van der Waals surface area contributed by atoms with Gasteiger partial charge in [0.2, 0.25) is 5.91 Å². The molecule has 1 atom stereocenters. The molecule has 6 heteroatoms. The number of nitrogens with zero attached hydrogens (tertiary/aromatic N) is 3. The molecule has 1 aromatic carbocycles. The van der Waals surface area contributed by atoms with Gasteiger partial charge in [0, 0.05) is 43.7 Å². The molecule has 3 aliphatic rings. The largest absolute Gasteiger partial charge is 0.365 e. The molecule has 0 bridgehead atoms. The minimum atomic E-state index is -0.576. The Labute approximate surface area is 174 Å². The standard InChI is InChI=1S/C23H36N4O2/c1-18(28)26-15-9-20(10-16-26)27-17-22(24-21(27)29)11-13-23(14-12-22,25(2)3)19-7-5-4-6-8-19/h4-8,20-21,24,29H,9-17H2,1-3H3. The fourth-order valence-corrected chi connectivity index (χ4v) is 5.87. The molecule has 2 aliphatic heterocycles. The predicted octanol–water partition coefficient (Wildman–Crippen LogP) is 1.95. The molecule has 1 saturated carbocycles. The molecule has 1 spiro atoms. The highest BCUT2D eigenvalue weighted by atomic mass is 16.3. The van der Waals surface area contributed by atoms with Crippen LogP contribution in [0.2, 0.25) is 0 Å². The van der Waals surface area contributed by atoms with Gasteiger partial charge in [-0.2, -0.15) is 0 Å². The van der Waals surface area contributed by atoms with E-state index in [0.29, 0.717) is 6.04 Å². The number of likely N-dealkylation sites (tertiary alicyclic amines) is 1. The van der Waals surface area contributed by atoms with Gasteiger partial charge in [-0.1, -0.05) is 30.3 Å². The van der Waals surface area contributed by atoms with Gasteiger partial charge in [0.05, 0.1) is 0 Å². The number of aliphatic hydroxyl groups is 1. The molecule has 3 fully saturated rings. The van der Waals surface area contributed by atoms with Crippen molar-refractivity contribution in [2.75, 3.05) is 33.7 Å². The number of carbonyl (C=O) groups excluding carboxylic acids is 1. The molecule has 0 aromatic heterocycles. The van der Waals surface area contributed by atoms with E-state index in [1.165, 1.54) is 5.56 Å². The van der Waals surface area contributed by atoms with Crippen LogP contribution < -0.4 is 5.32 Å². The van der Waals surface area contributed by atoms with Crippen LogP contribution in [0, 0.1) is 0 Å². The molecule has 2 saturated heterocycles. The molecule has 1 aliphatic carbocycles. The van der Waals surface area contributed by atoms with Crippen molar-refractivity contribution in [1.82, 2.24) is 20.0 Å². The van der Waals surface area contributed by atoms with E-state index < -0.39 is 6.35 Å². The van der Waals surface area contributed by atoms with E-state index >= 15 is 0 Å². The maximum Gasteiger partial charge on any atom is 0.219 e. The van der Waals surface area contributed by atoms with Crippen LogP contribution >= 0.6 is 0 Å². The summed E-state index contributed by atoms with van der Waals surface area (Å²) in [6, 6.07) is 11.2. The average molecular weight is 401 g/mol. The second kappa shape index (κ2) is 7.99. The van der Waals surface area contributed by atoms with E-state index in [-0.39, 0.29) is 17.0 Å². The fourth-order valence-electron chi connectivity index (χ4n) is 5.87. The quantitative estimate of drug-likeness (QED) is 0.812. The van der Waals surface area contributed by atoms with Gasteiger partial charge in [-0.25, -0.2) is 0 Å². The van der Waals surface area contributed by atoms with E-state index in [1.54, 1.807) is 6.92 Å². The summed E-state index contributed by atoms with van der Waals surface area (Å²) in [5.74, 6) is 0.160. The smallest absolute Gasteiger partial charge is 0.219 e. The number of carbonyl (C=O) groups is 1. The maximum atomic E-state index is 11.6. The number of amides is 1. The zero-order chi connectivity index (χ0) is 20.6. The Morgan fingerprint density at radius 1 is 1.10 bits per heavy atom. The van der Waals surface area contributed by atoms with Crippen LogP contribution in [0.3, 0.4) is 0 Å². The highest BCUT2D eigenvalue weighted by Gasteiger charge is 2.51. The van der Waals surface area contributed by atoms with Gasteiger partial charge in [0.25, 0.3) is 0 Å². The second-order valence-electron chi connectivity index (χ2n) is 9.50. The van der Waals surface area contributed by atoms with Crippen LogP contribution in [-0.2, 0) is 10.3 Å². The van der Waals surface area contributed by atoms with Crippen LogP contribution in [0.1, 0.15) is 51.0 Å². The Balaban J connectivity index is 1.43. The number of nitrogens with one attached hydrogen (secondary N) is 1. The molecule has 1 unspecified atom stereocenters. The third-order valence-electron chi connectivity index (χ3n) is 7.81. The number of hydrogen-bond donors (Lipinski definition) is 2. The lowest BCUT2D eigenvalue weighted by atomic mass is 9.69. The molecule has 160 valence electrons. The lowest BCUT2D eigenvalue weighted by Crippen LogP contribution is -2.54. The lowest BCUT2D eigenvalue weighted by Gasteiger charge is -2.49. The highest BCUT2D eigenvalue weighted by Crippen LogP contribution is 2.46. The maximum absolute atomic E-state index is 11.6. The van der Waals surface area contributed by atoms with Crippen molar-refractivity contribution in [1.29, 1.82) is 0 Å². The van der Waals surface area contributed by atoms with E-state index in [0.717, 1.165) is 58.2 Å². The molecular weight excluding hydrogens is 364 g/mol. The normalized spacial score (nSPS) is 34.2. The summed E-state index contributed by atoms with van der Waals surface area (Å²) < 4.78 is 0. The monoisotopic (exact) mass is 400 g/mol. The van der Waals surface area contributed by atoms with Crippen molar-refractivity contribution in [2.45, 2.75) is 68.9 Å². The zero-order valence-corrected chi connectivity index (χ0v) is 18.1. The first-order chi connectivity index (χ1) is 13.9. The summed E-state index contributed by atoms with van der Waals surface area (Å²) >= 11 is 0. The SMILES string of the molecule is CC(=O)N1CCC(N2CC3(CCC(c4ccccc4)(N(C)C)CC3)NC2O)CC1. The van der Waals surface area contributed by atoms with Gasteiger partial charge in [-0.05, 0) is 58.2 Å². The van der Waals surface area contributed by atoms with Crippen LogP contribution in [0.25, 0.3) is 0 Å². The van der Waals surface area contributed by atoms with Crippen molar-refractivity contribution < 1.29 is 9.90 Å². The van der Waals surface area contributed by atoms with Gasteiger partial charge >= 0.3 is 0 Å². The predicted molar refractivity (Wildman–Crippen MR) is 114 cm³/mol. The molecule has 6 nitrogen and oxygen atoms in total. The molecule has 2 heterocycles. The minimum absolute atomic E-state index is 0.00851. The van der Waals surface area contributed by atoms with Gasteiger partial charge in [-0.3, -0.25) is 19.9 Å². The van der Waals surface area contributed by atoms with E-state index in [9.17, 15) is 9.90 Å². The number of piperidine rings is 1. The molecule has 1 aromatic rings. The minimum Gasteiger partial charge on any atom is -0.365 e. The van der Waals surface area contributed by atoms with Gasteiger partial charge in [0.15, 0.2) is 6.35 Å². The Hall–Kier alpha value is -1.47. The van der Waals surface area contributed by atoms with E-state index in [2.05, 4.69) is 59.5 Å². The third kappa shape index (κ3) is 3.83. The Kier molecular flexibility index (Phi) is 5.73. The number of aliphatic hydroxyl groups excluding tert-OH is 1. The lowest BCUT2D eigenvalue weighted by molar-refractivity contribution is -0.130. The number of hydrogen-bond acceptors (Lipinski definition) is 5. The molecule has 1 amide bonds.